The van der Waals surface area contributed by atoms with Gasteiger partial charge in [-0.3, -0.25) is 0 Å². The van der Waals surface area contributed by atoms with Crippen LogP contribution in [0.4, 0.5) is 4.39 Å². The Kier molecular flexibility index (Phi) is 3.63. The van der Waals surface area contributed by atoms with E-state index in [-0.39, 0.29) is 17.9 Å². The van der Waals surface area contributed by atoms with E-state index in [9.17, 15) is 4.39 Å². The Labute approximate surface area is 106 Å². The predicted molar refractivity (Wildman–Crippen MR) is 68.9 cm³/mol. The highest BCUT2D eigenvalue weighted by atomic mass is 19.1. The van der Waals surface area contributed by atoms with Crippen LogP contribution in [0.2, 0.25) is 0 Å². The molecule has 2 aromatic rings. The number of fused-ring (bicyclic) bond motifs is 1. The molecule has 2 N–H and O–H groups in total. The molecule has 0 aliphatic heterocycles. The maximum atomic E-state index is 13.2. The number of hydrogen-bond donors (Lipinski definition) is 1. The fourth-order valence-corrected chi connectivity index (χ4v) is 2.15. The lowest BCUT2D eigenvalue weighted by Crippen LogP contribution is -2.21. The van der Waals surface area contributed by atoms with Gasteiger partial charge >= 0.3 is 0 Å². The van der Waals surface area contributed by atoms with Gasteiger partial charge in [-0.05, 0) is 26.0 Å². The van der Waals surface area contributed by atoms with Gasteiger partial charge in [0.1, 0.15) is 11.6 Å². The molecule has 0 saturated carbocycles. The first-order valence-corrected chi connectivity index (χ1v) is 5.96. The number of ether oxygens (including phenoxy) is 1. The molecule has 0 amide bonds. The summed E-state index contributed by atoms with van der Waals surface area (Å²) in [7, 11) is 1.60. The lowest BCUT2D eigenvalue weighted by molar-refractivity contribution is 0.176. The molecule has 2 rings (SSSR count). The number of aromatic nitrogens is 2. The van der Waals surface area contributed by atoms with Crippen LogP contribution in [0.25, 0.3) is 11.0 Å². The Morgan fingerprint density at radius 2 is 2.17 bits per heavy atom. The van der Waals surface area contributed by atoms with Crippen molar-refractivity contribution < 1.29 is 9.13 Å². The Morgan fingerprint density at radius 3 is 2.78 bits per heavy atom. The molecular formula is C13H18FN3O. The van der Waals surface area contributed by atoms with Crippen LogP contribution < -0.4 is 5.73 Å². The number of hydrogen-bond acceptors (Lipinski definition) is 3. The van der Waals surface area contributed by atoms with Crippen LogP contribution in [0.5, 0.6) is 0 Å². The molecule has 0 spiro atoms. The van der Waals surface area contributed by atoms with E-state index in [0.717, 1.165) is 11.3 Å². The van der Waals surface area contributed by atoms with Crippen LogP contribution in [0.3, 0.4) is 0 Å². The summed E-state index contributed by atoms with van der Waals surface area (Å²) in [6.07, 6.45) is 0. The highest BCUT2D eigenvalue weighted by molar-refractivity contribution is 5.76. The smallest absolute Gasteiger partial charge is 0.129 e. The second-order valence-corrected chi connectivity index (χ2v) is 4.63. The van der Waals surface area contributed by atoms with Crippen LogP contribution in [0, 0.1) is 5.82 Å². The Bertz CT molecular complexity index is 550. The number of nitrogens with zero attached hydrogens (tertiary/aromatic N) is 2. The van der Waals surface area contributed by atoms with Gasteiger partial charge in [0.05, 0.1) is 23.7 Å². The zero-order valence-electron chi connectivity index (χ0n) is 10.9. The van der Waals surface area contributed by atoms with E-state index >= 15 is 0 Å². The molecule has 1 aromatic heterocycles. The summed E-state index contributed by atoms with van der Waals surface area (Å²) in [6.45, 7) is 4.49. The third kappa shape index (κ3) is 2.23. The molecule has 0 fully saturated rings. The minimum absolute atomic E-state index is 0.207. The number of rotatable bonds is 4. The van der Waals surface area contributed by atoms with Crippen molar-refractivity contribution in [2.24, 2.45) is 5.73 Å². The highest BCUT2D eigenvalue weighted by Gasteiger charge is 2.18. The van der Waals surface area contributed by atoms with Crippen molar-refractivity contribution in [1.82, 2.24) is 9.55 Å². The molecule has 1 heterocycles. The maximum Gasteiger partial charge on any atom is 0.129 e. The summed E-state index contributed by atoms with van der Waals surface area (Å²) in [5.74, 6) is 0.440. The Hall–Kier alpha value is -1.46. The van der Waals surface area contributed by atoms with Crippen LogP contribution >= 0.6 is 0 Å². The van der Waals surface area contributed by atoms with Crippen LogP contribution in [-0.2, 0) is 4.74 Å². The van der Waals surface area contributed by atoms with Gasteiger partial charge in [-0.15, -0.1) is 0 Å². The van der Waals surface area contributed by atoms with Crippen molar-refractivity contribution in [3.8, 4) is 0 Å². The van der Waals surface area contributed by atoms with Crippen molar-refractivity contribution in [2.45, 2.75) is 25.9 Å². The highest BCUT2D eigenvalue weighted by Crippen LogP contribution is 2.24. The number of methoxy groups -OCH3 is 1. The fourth-order valence-electron chi connectivity index (χ4n) is 2.15. The summed E-state index contributed by atoms with van der Waals surface area (Å²) >= 11 is 0. The second kappa shape index (κ2) is 5.04. The van der Waals surface area contributed by atoms with E-state index in [2.05, 4.69) is 4.98 Å². The summed E-state index contributed by atoms with van der Waals surface area (Å²) in [5, 5.41) is 0. The number of imidazole rings is 1. The van der Waals surface area contributed by atoms with Gasteiger partial charge in [0.25, 0.3) is 0 Å². The van der Waals surface area contributed by atoms with E-state index in [0.29, 0.717) is 12.1 Å². The quantitative estimate of drug-likeness (QED) is 0.907. The van der Waals surface area contributed by atoms with Gasteiger partial charge in [0.2, 0.25) is 0 Å². The lowest BCUT2D eigenvalue weighted by atomic mass is 10.2. The molecule has 18 heavy (non-hydrogen) atoms. The van der Waals surface area contributed by atoms with Gasteiger partial charge in [-0.25, -0.2) is 9.37 Å². The van der Waals surface area contributed by atoms with Crippen molar-refractivity contribution in [2.75, 3.05) is 13.7 Å². The zero-order chi connectivity index (χ0) is 13.3. The molecule has 1 unspecified atom stereocenters. The van der Waals surface area contributed by atoms with Crippen LogP contribution in [0.15, 0.2) is 18.2 Å². The number of halogens is 1. The van der Waals surface area contributed by atoms with Crippen LogP contribution in [0.1, 0.15) is 31.8 Å². The SMILES string of the molecule is COCC(N)c1nc2cc(F)ccc2n1C(C)C. The topological polar surface area (TPSA) is 53.1 Å². The number of benzene rings is 1. The van der Waals surface area contributed by atoms with E-state index in [1.54, 1.807) is 13.2 Å². The first-order valence-electron chi connectivity index (χ1n) is 5.96. The summed E-state index contributed by atoms with van der Waals surface area (Å²) in [4.78, 5) is 4.43. The number of nitrogens with two attached hydrogens (primary N) is 1. The van der Waals surface area contributed by atoms with Gasteiger partial charge in [-0.1, -0.05) is 0 Å². The molecule has 0 saturated heterocycles. The van der Waals surface area contributed by atoms with Crippen LogP contribution in [-0.4, -0.2) is 23.3 Å². The van der Waals surface area contributed by atoms with Gasteiger partial charge in [0, 0.05) is 19.2 Å². The van der Waals surface area contributed by atoms with Gasteiger partial charge in [-0.2, -0.15) is 0 Å². The Balaban J connectivity index is 2.60. The monoisotopic (exact) mass is 251 g/mol. The van der Waals surface area contributed by atoms with Crippen molar-refractivity contribution in [1.29, 1.82) is 0 Å². The summed E-state index contributed by atoms with van der Waals surface area (Å²) < 4.78 is 20.3. The first-order chi connectivity index (χ1) is 8.54. The molecule has 0 aliphatic rings. The van der Waals surface area contributed by atoms with E-state index < -0.39 is 0 Å². The molecule has 4 nitrogen and oxygen atoms in total. The summed E-state index contributed by atoms with van der Waals surface area (Å²) in [5.41, 5.74) is 7.57. The fraction of sp³-hybridized carbons (Fsp3) is 0.462. The van der Waals surface area contributed by atoms with E-state index in [1.807, 2.05) is 18.4 Å². The van der Waals surface area contributed by atoms with Gasteiger partial charge in [0.15, 0.2) is 0 Å². The van der Waals surface area contributed by atoms with Gasteiger partial charge < -0.3 is 15.0 Å². The largest absolute Gasteiger partial charge is 0.383 e. The first kappa shape index (κ1) is 13.0. The van der Waals surface area contributed by atoms with Crippen molar-refractivity contribution >= 4 is 11.0 Å². The molecule has 1 aromatic carbocycles. The molecule has 98 valence electrons. The van der Waals surface area contributed by atoms with Crippen molar-refractivity contribution in [3.63, 3.8) is 0 Å². The second-order valence-electron chi connectivity index (χ2n) is 4.63. The molecule has 0 radical (unpaired) electrons. The molecule has 0 aliphatic carbocycles. The van der Waals surface area contributed by atoms with Crippen molar-refractivity contribution in [3.05, 3.63) is 29.8 Å². The normalized spacial score (nSPS) is 13.4. The minimum Gasteiger partial charge on any atom is -0.383 e. The zero-order valence-corrected chi connectivity index (χ0v) is 10.9. The maximum absolute atomic E-state index is 13.2. The predicted octanol–water partition coefficient (Wildman–Crippen LogP) is 2.40. The molecule has 5 heteroatoms. The average molecular weight is 251 g/mol. The molecule has 0 bridgehead atoms. The molecule has 1 atom stereocenters. The standard InChI is InChI=1S/C13H18FN3O/c1-8(2)17-12-5-4-9(14)6-11(12)16-13(17)10(15)7-18-3/h4-6,8,10H,7,15H2,1-3H3. The molecular weight excluding hydrogens is 233 g/mol. The lowest BCUT2D eigenvalue weighted by Gasteiger charge is -2.16. The third-order valence-electron chi connectivity index (χ3n) is 2.87. The Morgan fingerprint density at radius 1 is 1.44 bits per heavy atom. The summed E-state index contributed by atoms with van der Waals surface area (Å²) in [6, 6.07) is 4.50. The minimum atomic E-state index is -0.312. The average Bonchev–Trinajstić information content (AvgIpc) is 2.67. The van der Waals surface area contributed by atoms with E-state index in [1.165, 1.54) is 12.1 Å². The third-order valence-corrected chi connectivity index (χ3v) is 2.87. The van der Waals surface area contributed by atoms with E-state index in [4.69, 9.17) is 10.5 Å².